The third-order valence-corrected chi connectivity index (χ3v) is 7.08. The van der Waals surface area contributed by atoms with Gasteiger partial charge in [-0.25, -0.2) is 14.4 Å². The summed E-state index contributed by atoms with van der Waals surface area (Å²) in [5.74, 6) is 0.402. The van der Waals surface area contributed by atoms with E-state index in [0.29, 0.717) is 60.1 Å². The highest BCUT2D eigenvalue weighted by molar-refractivity contribution is 6.31. The first-order chi connectivity index (χ1) is 19.0. The number of allylic oxidation sites excluding steroid dienone is 1. The minimum atomic E-state index is -0.515. The summed E-state index contributed by atoms with van der Waals surface area (Å²) in [5.41, 5.74) is 1.83. The number of aliphatic hydroxyl groups is 1. The van der Waals surface area contributed by atoms with Crippen LogP contribution in [0.25, 0.3) is 10.9 Å². The van der Waals surface area contributed by atoms with E-state index in [1.54, 1.807) is 18.2 Å². The van der Waals surface area contributed by atoms with Gasteiger partial charge in [0.25, 0.3) is 0 Å². The fourth-order valence-corrected chi connectivity index (χ4v) is 4.72. The molecule has 2 aliphatic rings. The number of aliphatic hydroxyl groups excluding tert-OH is 1. The molecule has 3 aromatic rings. The second-order valence-corrected chi connectivity index (χ2v) is 9.90. The van der Waals surface area contributed by atoms with Crippen molar-refractivity contribution < 1.29 is 28.5 Å². The zero-order valence-corrected chi connectivity index (χ0v) is 22.1. The number of ether oxygens (including phenoxy) is 3. The second kappa shape index (κ2) is 12.8. The maximum atomic E-state index is 13.6. The topological polar surface area (TPSA) is 106 Å². The number of aromatic nitrogens is 2. The predicted octanol–water partition coefficient (Wildman–Crippen LogP) is 3.69. The molecule has 2 saturated heterocycles. The minimum Gasteiger partial charge on any atom is -0.490 e. The lowest BCUT2D eigenvalue weighted by Crippen LogP contribution is -2.49. The first-order valence-corrected chi connectivity index (χ1v) is 13.2. The Morgan fingerprint density at radius 3 is 2.92 bits per heavy atom. The normalized spacial score (nSPS) is 19.8. The summed E-state index contributed by atoms with van der Waals surface area (Å²) < 4.78 is 30.9. The molecule has 0 spiro atoms. The van der Waals surface area contributed by atoms with Crippen LogP contribution in [0, 0.1) is 5.82 Å². The Hall–Kier alpha value is -3.15. The second-order valence-electron chi connectivity index (χ2n) is 9.50. The molecule has 2 N–H and O–H groups in total. The van der Waals surface area contributed by atoms with Gasteiger partial charge >= 0.3 is 0 Å². The Bertz CT molecular complexity index is 1350. The molecule has 0 aliphatic carbocycles. The number of anilines is 2. The molecule has 9 nitrogen and oxygen atoms in total. The van der Waals surface area contributed by atoms with Crippen LogP contribution in [0.3, 0.4) is 0 Å². The first kappa shape index (κ1) is 27.4. The van der Waals surface area contributed by atoms with Crippen molar-refractivity contribution in [3.05, 3.63) is 65.2 Å². The molecule has 39 heavy (non-hydrogen) atoms. The number of rotatable bonds is 11. The van der Waals surface area contributed by atoms with Gasteiger partial charge in [0.05, 0.1) is 37.0 Å². The molecule has 11 heteroatoms. The molecule has 2 aromatic carbocycles. The van der Waals surface area contributed by atoms with Gasteiger partial charge in [0.2, 0.25) is 0 Å². The van der Waals surface area contributed by atoms with Gasteiger partial charge in [-0.05, 0) is 36.8 Å². The number of fused-ring (bicyclic) bond motifs is 1. The lowest BCUT2D eigenvalue weighted by Gasteiger charge is -2.39. The molecule has 0 amide bonds. The van der Waals surface area contributed by atoms with Gasteiger partial charge < -0.3 is 24.6 Å². The van der Waals surface area contributed by atoms with Gasteiger partial charge in [0, 0.05) is 48.3 Å². The van der Waals surface area contributed by atoms with Crippen molar-refractivity contribution in [1.29, 1.82) is 0 Å². The standard InChI is InChI=1S/C28H30ClFN4O5/c29-24-12-19(3-4-25(24)30)33-28-23-11-18(10-21(36)2-1-6-34-7-5-20(34)14-35)27(13-26(23)31-17-32-28)39-16-22-15-37-8-9-38-22/h1-4,11-13,17,20,22,35H,5-10,14-16H2,(H,31,32,33)/b2-1+/t20?,22-/m0/s1. The number of carbonyl (C=O) groups excluding carboxylic acids is 1. The number of likely N-dealkylation sites (tertiary alicyclic amines) is 1. The quantitative estimate of drug-likeness (QED) is 0.342. The molecule has 0 saturated carbocycles. The third-order valence-electron chi connectivity index (χ3n) is 6.79. The summed E-state index contributed by atoms with van der Waals surface area (Å²) in [4.78, 5) is 23.8. The van der Waals surface area contributed by atoms with Crippen molar-refractivity contribution in [2.45, 2.75) is 25.0 Å². The average Bonchev–Trinajstić information content (AvgIpc) is 2.92. The molecule has 0 radical (unpaired) electrons. The molecule has 2 fully saturated rings. The van der Waals surface area contributed by atoms with Gasteiger partial charge in [-0.1, -0.05) is 17.7 Å². The fourth-order valence-electron chi connectivity index (χ4n) is 4.53. The molecular formula is C28H30ClFN4O5. The van der Waals surface area contributed by atoms with Crippen LogP contribution >= 0.6 is 11.6 Å². The number of hydrogen-bond donors (Lipinski definition) is 2. The Kier molecular flexibility index (Phi) is 9.00. The van der Waals surface area contributed by atoms with Gasteiger partial charge in [-0.15, -0.1) is 0 Å². The Labute approximate surface area is 230 Å². The number of nitrogens with zero attached hydrogens (tertiary/aromatic N) is 3. The van der Waals surface area contributed by atoms with Crippen molar-refractivity contribution in [1.82, 2.24) is 14.9 Å². The highest BCUT2D eigenvalue weighted by Gasteiger charge is 2.25. The van der Waals surface area contributed by atoms with Gasteiger partial charge in [0.1, 0.15) is 36.4 Å². The molecule has 206 valence electrons. The van der Waals surface area contributed by atoms with Gasteiger partial charge in [0.15, 0.2) is 5.78 Å². The molecule has 3 heterocycles. The summed E-state index contributed by atoms with van der Waals surface area (Å²) in [5, 5.41) is 13.2. The van der Waals surface area contributed by atoms with Crippen LogP contribution in [0.2, 0.25) is 5.02 Å². The van der Waals surface area contributed by atoms with E-state index in [2.05, 4.69) is 20.2 Å². The zero-order chi connectivity index (χ0) is 27.2. The first-order valence-electron chi connectivity index (χ1n) is 12.9. The van der Waals surface area contributed by atoms with E-state index in [-0.39, 0.29) is 42.6 Å². The number of nitrogens with one attached hydrogen (secondary N) is 1. The largest absolute Gasteiger partial charge is 0.490 e. The van der Waals surface area contributed by atoms with Crippen LogP contribution in [0.1, 0.15) is 12.0 Å². The van der Waals surface area contributed by atoms with Crippen LogP contribution < -0.4 is 10.1 Å². The van der Waals surface area contributed by atoms with Crippen molar-refractivity contribution >= 4 is 39.8 Å². The molecule has 2 atom stereocenters. The monoisotopic (exact) mass is 556 g/mol. The zero-order valence-electron chi connectivity index (χ0n) is 21.3. The minimum absolute atomic E-state index is 0.00966. The summed E-state index contributed by atoms with van der Waals surface area (Å²) in [6.07, 6.45) is 5.67. The molecule has 2 aliphatic heterocycles. The predicted molar refractivity (Wildman–Crippen MR) is 145 cm³/mol. The summed E-state index contributed by atoms with van der Waals surface area (Å²) >= 11 is 5.95. The maximum Gasteiger partial charge on any atom is 0.159 e. The van der Waals surface area contributed by atoms with Crippen LogP contribution in [0.15, 0.2) is 48.8 Å². The van der Waals surface area contributed by atoms with Gasteiger partial charge in [-0.2, -0.15) is 0 Å². The third kappa shape index (κ3) is 6.90. The molecule has 5 rings (SSSR count). The number of halogens is 2. The molecule has 0 bridgehead atoms. The number of benzene rings is 2. The van der Waals surface area contributed by atoms with E-state index in [1.165, 1.54) is 18.5 Å². The lowest BCUT2D eigenvalue weighted by molar-refractivity contribution is -0.114. The Balaban J connectivity index is 1.39. The summed E-state index contributed by atoms with van der Waals surface area (Å²) in [7, 11) is 0. The maximum absolute atomic E-state index is 13.6. The summed E-state index contributed by atoms with van der Waals surface area (Å²) in [6.45, 7) is 3.41. The van der Waals surface area contributed by atoms with E-state index < -0.39 is 5.82 Å². The number of hydrogen-bond acceptors (Lipinski definition) is 9. The van der Waals surface area contributed by atoms with E-state index >= 15 is 0 Å². The molecule has 1 unspecified atom stereocenters. The van der Waals surface area contributed by atoms with E-state index in [0.717, 1.165) is 13.0 Å². The van der Waals surface area contributed by atoms with Crippen LogP contribution in [0.5, 0.6) is 5.75 Å². The van der Waals surface area contributed by atoms with Crippen LogP contribution in [-0.2, 0) is 20.7 Å². The van der Waals surface area contributed by atoms with Crippen molar-refractivity contribution in [2.75, 3.05) is 51.4 Å². The SMILES string of the molecule is O=C(/C=C/CN1CCC1CO)Cc1cc2c(Nc3ccc(F)c(Cl)c3)ncnc2cc1OC[C@@H]1COCCO1. The molecule has 1 aromatic heterocycles. The highest BCUT2D eigenvalue weighted by atomic mass is 35.5. The lowest BCUT2D eigenvalue weighted by atomic mass is 10.0. The van der Waals surface area contributed by atoms with Crippen LogP contribution in [-0.4, -0.2) is 84.0 Å². The Morgan fingerprint density at radius 1 is 1.28 bits per heavy atom. The summed E-state index contributed by atoms with van der Waals surface area (Å²) in [6, 6.07) is 8.09. The highest BCUT2D eigenvalue weighted by Crippen LogP contribution is 2.31. The number of ketones is 1. The van der Waals surface area contributed by atoms with Crippen LogP contribution in [0.4, 0.5) is 15.9 Å². The smallest absolute Gasteiger partial charge is 0.159 e. The fraction of sp³-hybridized carbons (Fsp3) is 0.393. The molecular weight excluding hydrogens is 527 g/mol. The average molecular weight is 557 g/mol. The number of carbonyl (C=O) groups is 1. The van der Waals surface area contributed by atoms with Crippen molar-refractivity contribution in [2.24, 2.45) is 0 Å². The van der Waals surface area contributed by atoms with E-state index in [9.17, 15) is 14.3 Å². The Morgan fingerprint density at radius 2 is 2.18 bits per heavy atom. The van der Waals surface area contributed by atoms with Gasteiger partial charge in [-0.3, -0.25) is 9.69 Å². The van der Waals surface area contributed by atoms with Crippen molar-refractivity contribution in [3.8, 4) is 5.75 Å². The van der Waals surface area contributed by atoms with Crippen molar-refractivity contribution in [3.63, 3.8) is 0 Å². The van der Waals surface area contributed by atoms with E-state index in [4.69, 9.17) is 25.8 Å². The van der Waals surface area contributed by atoms with E-state index in [1.807, 2.05) is 12.1 Å².